The van der Waals surface area contributed by atoms with E-state index in [-0.39, 0.29) is 0 Å². The number of hydrogen-bond acceptors (Lipinski definition) is 7. The molecule has 5 aromatic rings. The van der Waals surface area contributed by atoms with Crippen LogP contribution in [0.25, 0.3) is 43.5 Å². The highest BCUT2D eigenvalue weighted by atomic mass is 32.1. The number of ether oxygens (including phenoxy) is 2. The number of nitrogens with zero attached hydrogens (tertiary/aromatic N) is 4. The Bertz CT molecular complexity index is 1570. The second kappa shape index (κ2) is 9.92. The lowest BCUT2D eigenvalue weighted by Gasteiger charge is -2.29. The van der Waals surface area contributed by atoms with Crippen molar-refractivity contribution in [3.8, 4) is 21.4 Å². The van der Waals surface area contributed by atoms with E-state index in [1.807, 2.05) is 36.4 Å². The van der Waals surface area contributed by atoms with Crippen molar-refractivity contribution in [1.82, 2.24) is 29.7 Å². The molecule has 0 unspecified atom stereocenters. The third-order valence-corrected chi connectivity index (χ3v) is 8.34. The Kier molecular flexibility index (Phi) is 6.11. The first-order chi connectivity index (χ1) is 19.1. The second-order valence-corrected chi connectivity index (χ2v) is 10.8. The van der Waals surface area contributed by atoms with Crippen molar-refractivity contribution in [3.05, 3.63) is 59.7 Å². The van der Waals surface area contributed by atoms with Crippen LogP contribution < -0.4 is 0 Å². The van der Waals surface area contributed by atoms with E-state index < -0.39 is 0 Å². The molecule has 10 nitrogen and oxygen atoms in total. The first kappa shape index (κ1) is 24.0. The maximum Gasteiger partial charge on any atom is 0.148 e. The van der Waals surface area contributed by atoms with Crippen LogP contribution in [0.4, 0.5) is 0 Å². The van der Waals surface area contributed by atoms with Crippen LogP contribution >= 0.6 is 11.3 Å². The molecule has 0 saturated carbocycles. The second-order valence-electron chi connectivity index (χ2n) is 9.69. The summed E-state index contributed by atoms with van der Waals surface area (Å²) in [4.78, 5) is 22.6. The van der Waals surface area contributed by atoms with E-state index in [0.717, 1.165) is 80.8 Å². The fourth-order valence-electron chi connectivity index (χ4n) is 5.08. The number of nitrogens with one attached hydrogen (secondary N) is 4. The summed E-state index contributed by atoms with van der Waals surface area (Å²) in [7, 11) is 0. The number of aromatic nitrogens is 4. The smallest absolute Gasteiger partial charge is 0.148 e. The summed E-state index contributed by atoms with van der Waals surface area (Å²) >= 11 is 1.62. The summed E-state index contributed by atoms with van der Waals surface area (Å²) in [6.07, 6.45) is 0. The minimum Gasteiger partial charge on any atom is -0.378 e. The van der Waals surface area contributed by atoms with Gasteiger partial charge in [0.25, 0.3) is 0 Å². The van der Waals surface area contributed by atoms with Gasteiger partial charge in [-0.15, -0.1) is 11.3 Å². The predicted molar refractivity (Wildman–Crippen MR) is 153 cm³/mol. The molecule has 2 fully saturated rings. The van der Waals surface area contributed by atoms with Crippen LogP contribution in [-0.4, -0.2) is 94.0 Å². The summed E-state index contributed by atoms with van der Waals surface area (Å²) < 4.78 is 10.8. The van der Waals surface area contributed by atoms with Crippen LogP contribution in [0.3, 0.4) is 0 Å². The van der Waals surface area contributed by atoms with Gasteiger partial charge in [-0.3, -0.25) is 10.8 Å². The van der Waals surface area contributed by atoms with Gasteiger partial charge in [0.05, 0.1) is 58.2 Å². The molecule has 4 N–H and O–H groups in total. The number of benzene rings is 2. The molecule has 0 aliphatic carbocycles. The zero-order valence-electron chi connectivity index (χ0n) is 21.3. The highest BCUT2D eigenvalue weighted by molar-refractivity contribution is 7.18. The molecular weight excluding hydrogens is 512 g/mol. The van der Waals surface area contributed by atoms with Gasteiger partial charge in [-0.2, -0.15) is 0 Å². The molecule has 198 valence electrons. The zero-order chi connectivity index (χ0) is 26.3. The van der Waals surface area contributed by atoms with E-state index in [4.69, 9.17) is 30.3 Å². The van der Waals surface area contributed by atoms with E-state index >= 15 is 0 Å². The molecule has 0 bridgehead atoms. The monoisotopic (exact) mass is 540 g/mol. The Morgan fingerprint density at radius 1 is 0.667 bits per heavy atom. The highest BCUT2D eigenvalue weighted by Crippen LogP contribution is 2.34. The van der Waals surface area contributed by atoms with Crippen LogP contribution in [0.5, 0.6) is 0 Å². The fourth-order valence-corrected chi connectivity index (χ4v) is 5.97. The van der Waals surface area contributed by atoms with E-state index in [1.54, 1.807) is 11.3 Å². The van der Waals surface area contributed by atoms with Crippen molar-refractivity contribution in [2.24, 2.45) is 0 Å². The molecule has 5 heterocycles. The van der Waals surface area contributed by atoms with Crippen LogP contribution in [-0.2, 0) is 9.47 Å². The molecule has 7 rings (SSSR count). The van der Waals surface area contributed by atoms with Crippen molar-refractivity contribution in [3.63, 3.8) is 0 Å². The number of rotatable bonds is 4. The van der Waals surface area contributed by atoms with E-state index in [2.05, 4.69) is 31.9 Å². The summed E-state index contributed by atoms with van der Waals surface area (Å²) in [6, 6.07) is 16.0. The largest absolute Gasteiger partial charge is 0.378 e. The molecule has 39 heavy (non-hydrogen) atoms. The van der Waals surface area contributed by atoms with Crippen molar-refractivity contribution >= 4 is 45.1 Å². The van der Waals surface area contributed by atoms with Gasteiger partial charge in [0.1, 0.15) is 23.3 Å². The molecule has 0 spiro atoms. The van der Waals surface area contributed by atoms with Crippen LogP contribution in [0.2, 0.25) is 0 Å². The molecule has 2 aliphatic rings. The number of amidine groups is 2. The first-order valence-electron chi connectivity index (χ1n) is 13.1. The number of hydrogen-bond donors (Lipinski definition) is 4. The predicted octanol–water partition coefficient (Wildman–Crippen LogP) is 4.15. The summed E-state index contributed by atoms with van der Waals surface area (Å²) in [5.41, 5.74) is 5.31. The number of thiophene rings is 1. The van der Waals surface area contributed by atoms with E-state index in [0.29, 0.717) is 38.1 Å². The number of H-pyrrole nitrogens is 2. The maximum atomic E-state index is 8.61. The zero-order valence-corrected chi connectivity index (χ0v) is 22.1. The Hall–Kier alpha value is -4.06. The Balaban J connectivity index is 1.12. The van der Waals surface area contributed by atoms with Gasteiger partial charge in [-0.1, -0.05) is 0 Å². The van der Waals surface area contributed by atoms with Crippen LogP contribution in [0.1, 0.15) is 11.1 Å². The van der Waals surface area contributed by atoms with E-state index in [9.17, 15) is 0 Å². The summed E-state index contributed by atoms with van der Waals surface area (Å²) in [5.74, 6) is 2.63. The standard InChI is InChI=1S/C28H28N8O2S/c29-25(35-7-11-37-12-8-35)17-1-3-19-21(15-17)33-27(31-19)23-5-6-24(39-23)28-32-20-4-2-18(16-22(20)34-28)26(30)36-9-13-38-14-10-36/h1-6,15-16,29-30H,7-14H2,(H,31,33)(H,32,34). The number of aromatic amines is 2. The minimum absolute atomic E-state index is 0.517. The van der Waals surface area contributed by atoms with Crippen molar-refractivity contribution in [1.29, 1.82) is 10.8 Å². The number of fused-ring (bicyclic) bond motifs is 2. The molecule has 0 radical (unpaired) electrons. The molecule has 3 aromatic heterocycles. The Morgan fingerprint density at radius 2 is 1.10 bits per heavy atom. The van der Waals surface area contributed by atoms with Gasteiger partial charge in [0.15, 0.2) is 0 Å². The summed E-state index contributed by atoms with van der Waals surface area (Å²) in [5, 5.41) is 17.2. The average Bonchev–Trinajstić information content (AvgIpc) is 3.74. The van der Waals surface area contributed by atoms with Crippen molar-refractivity contribution < 1.29 is 9.47 Å². The maximum absolute atomic E-state index is 8.61. The number of imidazole rings is 2. The molecule has 2 saturated heterocycles. The van der Waals surface area contributed by atoms with E-state index in [1.165, 1.54) is 0 Å². The SMILES string of the molecule is N=C(c1ccc2nc(-c3ccc(-c4nc5ccc(C(=N)N6CCOCC6)cc5[nH]4)s3)[nH]c2c1)N1CCOCC1. The topological polar surface area (TPSA) is 130 Å². The number of morpholine rings is 2. The Morgan fingerprint density at radius 3 is 1.54 bits per heavy atom. The molecule has 2 aliphatic heterocycles. The van der Waals surface area contributed by atoms with Gasteiger partial charge in [0, 0.05) is 37.3 Å². The minimum atomic E-state index is 0.517. The van der Waals surface area contributed by atoms with Gasteiger partial charge < -0.3 is 29.2 Å². The molecule has 0 atom stereocenters. The van der Waals surface area contributed by atoms with Gasteiger partial charge in [-0.05, 0) is 48.5 Å². The Labute approximate surface area is 228 Å². The lowest BCUT2D eigenvalue weighted by atomic mass is 10.1. The lowest BCUT2D eigenvalue weighted by molar-refractivity contribution is 0.0679. The van der Waals surface area contributed by atoms with Crippen molar-refractivity contribution in [2.45, 2.75) is 0 Å². The normalized spacial score (nSPS) is 16.3. The highest BCUT2D eigenvalue weighted by Gasteiger charge is 2.19. The lowest BCUT2D eigenvalue weighted by Crippen LogP contribution is -2.40. The summed E-state index contributed by atoms with van der Waals surface area (Å²) in [6.45, 7) is 5.58. The fraction of sp³-hybridized carbons (Fsp3) is 0.286. The molecule has 2 aromatic carbocycles. The molecule has 11 heteroatoms. The van der Waals surface area contributed by atoms with Crippen molar-refractivity contribution in [2.75, 3.05) is 52.6 Å². The molecule has 0 amide bonds. The average molecular weight is 541 g/mol. The quantitative estimate of drug-likeness (QED) is 0.200. The van der Waals surface area contributed by atoms with Gasteiger partial charge >= 0.3 is 0 Å². The molecular formula is C28H28N8O2S. The van der Waals surface area contributed by atoms with Crippen LogP contribution in [0, 0.1) is 10.8 Å². The third kappa shape index (κ3) is 4.58. The van der Waals surface area contributed by atoms with Gasteiger partial charge in [0.2, 0.25) is 0 Å². The third-order valence-electron chi connectivity index (χ3n) is 7.24. The van der Waals surface area contributed by atoms with Gasteiger partial charge in [-0.25, -0.2) is 9.97 Å². The van der Waals surface area contributed by atoms with Crippen LogP contribution in [0.15, 0.2) is 48.5 Å². The first-order valence-corrected chi connectivity index (χ1v) is 13.9.